The van der Waals surface area contributed by atoms with Crippen LogP contribution in [-0.4, -0.2) is 38.0 Å². The average molecular weight is 412 g/mol. The predicted molar refractivity (Wildman–Crippen MR) is 101 cm³/mol. The fourth-order valence-corrected chi connectivity index (χ4v) is 5.02. The summed E-state index contributed by atoms with van der Waals surface area (Å²) in [6.45, 7) is 4.24. The number of sulfone groups is 1. The highest BCUT2D eigenvalue weighted by Crippen LogP contribution is 2.36. The van der Waals surface area contributed by atoms with Crippen molar-refractivity contribution in [3.05, 3.63) is 35.4 Å². The number of thiophene rings is 1. The Kier molecular flexibility index (Phi) is 5.64. The van der Waals surface area contributed by atoms with Crippen molar-refractivity contribution in [2.75, 3.05) is 12.4 Å². The number of anilines is 1. The van der Waals surface area contributed by atoms with Crippen molar-refractivity contribution in [2.45, 2.75) is 35.5 Å². The van der Waals surface area contributed by atoms with E-state index in [0.717, 1.165) is 6.07 Å². The van der Waals surface area contributed by atoms with Crippen LogP contribution in [0.25, 0.3) is 0 Å². The molecule has 2 aromatic rings. The Labute approximate surface area is 160 Å². The number of primary amides is 1. The minimum atomic E-state index is -3.98. The molecular weight excluding hydrogens is 392 g/mol. The topological polar surface area (TPSA) is 136 Å². The third-order valence-corrected chi connectivity index (χ3v) is 6.85. The lowest BCUT2D eigenvalue weighted by Gasteiger charge is -2.16. The van der Waals surface area contributed by atoms with E-state index in [1.807, 2.05) is 0 Å². The van der Waals surface area contributed by atoms with Crippen LogP contribution in [0.4, 0.5) is 5.00 Å². The van der Waals surface area contributed by atoms with Crippen molar-refractivity contribution < 1.29 is 27.9 Å². The molecule has 2 amide bonds. The van der Waals surface area contributed by atoms with Gasteiger partial charge < -0.3 is 20.9 Å². The molecule has 0 aliphatic heterocycles. The summed E-state index contributed by atoms with van der Waals surface area (Å²) in [7, 11) is -2.56. The molecule has 2 rings (SSSR count). The molecular formula is C17H20N2O6S2. The molecule has 0 atom stereocenters. The summed E-state index contributed by atoms with van der Waals surface area (Å²) in [5.41, 5.74) is 4.10. The monoisotopic (exact) mass is 412 g/mol. The van der Waals surface area contributed by atoms with E-state index in [1.165, 1.54) is 33.1 Å². The summed E-state index contributed by atoms with van der Waals surface area (Å²) in [5.74, 6) is -1.33. The zero-order valence-corrected chi connectivity index (χ0v) is 16.8. The second-order valence-corrected chi connectivity index (χ2v) is 9.60. The first-order valence-electron chi connectivity index (χ1n) is 7.74. The van der Waals surface area contributed by atoms with Gasteiger partial charge in [-0.2, -0.15) is 0 Å². The number of amides is 2. The van der Waals surface area contributed by atoms with E-state index < -0.39 is 27.3 Å². The second-order valence-electron chi connectivity index (χ2n) is 6.37. The number of methoxy groups -OCH3 is 1. The van der Waals surface area contributed by atoms with E-state index >= 15 is 0 Å². The zero-order valence-electron chi connectivity index (χ0n) is 15.2. The zero-order chi connectivity index (χ0) is 20.6. The second kappa shape index (κ2) is 7.29. The van der Waals surface area contributed by atoms with Crippen molar-refractivity contribution in [2.24, 2.45) is 5.73 Å². The van der Waals surface area contributed by atoms with Crippen LogP contribution < -0.4 is 15.8 Å². The molecule has 4 N–H and O–H groups in total. The maximum absolute atomic E-state index is 13.0. The lowest BCUT2D eigenvalue weighted by molar-refractivity contribution is -0.130. The summed E-state index contributed by atoms with van der Waals surface area (Å²) >= 11 is 0.681. The van der Waals surface area contributed by atoms with E-state index in [1.54, 1.807) is 13.0 Å². The molecule has 10 heteroatoms. The van der Waals surface area contributed by atoms with Crippen LogP contribution in [0.3, 0.4) is 0 Å². The van der Waals surface area contributed by atoms with Crippen LogP contribution in [0.15, 0.2) is 33.4 Å². The van der Waals surface area contributed by atoms with Crippen LogP contribution in [-0.2, 0) is 14.6 Å². The number of hydrogen-bond donors (Lipinski definition) is 3. The van der Waals surface area contributed by atoms with E-state index in [0.29, 0.717) is 22.6 Å². The van der Waals surface area contributed by atoms with Gasteiger partial charge in [0.15, 0.2) is 0 Å². The number of carbonyl (C=O) groups is 2. The Morgan fingerprint density at radius 2 is 1.85 bits per heavy atom. The van der Waals surface area contributed by atoms with Gasteiger partial charge in [-0.1, -0.05) is 0 Å². The minimum absolute atomic E-state index is 0.0167. The van der Waals surface area contributed by atoms with E-state index in [-0.39, 0.29) is 19.7 Å². The highest BCUT2D eigenvalue weighted by Gasteiger charge is 2.29. The fraction of sp³-hybridized carbons (Fsp3) is 0.294. The smallest absolute Gasteiger partial charge is 0.256 e. The lowest BCUT2D eigenvalue weighted by atomic mass is 10.1. The van der Waals surface area contributed by atoms with Gasteiger partial charge in [0.05, 0.1) is 17.6 Å². The summed E-state index contributed by atoms with van der Waals surface area (Å²) in [6.07, 6.45) is 0. The quantitative estimate of drug-likeness (QED) is 0.661. The summed E-state index contributed by atoms with van der Waals surface area (Å²) in [4.78, 5) is 23.7. The first kappa shape index (κ1) is 20.9. The number of rotatable bonds is 6. The summed E-state index contributed by atoms with van der Waals surface area (Å²) in [6, 6.07) is 5.62. The molecule has 146 valence electrons. The Hall–Kier alpha value is -2.43. The predicted octanol–water partition coefficient (Wildman–Crippen LogP) is 1.71. The third kappa shape index (κ3) is 4.46. The number of benzene rings is 1. The average Bonchev–Trinajstić information content (AvgIpc) is 2.98. The van der Waals surface area contributed by atoms with Crippen LogP contribution >= 0.6 is 11.3 Å². The van der Waals surface area contributed by atoms with Crippen molar-refractivity contribution in [1.29, 1.82) is 0 Å². The highest BCUT2D eigenvalue weighted by molar-refractivity contribution is 7.93. The number of hydrogen-bond acceptors (Lipinski definition) is 7. The van der Waals surface area contributed by atoms with Gasteiger partial charge in [0.1, 0.15) is 20.6 Å². The number of ether oxygens (including phenoxy) is 1. The van der Waals surface area contributed by atoms with Gasteiger partial charge in [0.25, 0.3) is 11.8 Å². The maximum Gasteiger partial charge on any atom is 0.256 e. The molecule has 0 aliphatic carbocycles. The van der Waals surface area contributed by atoms with Crippen molar-refractivity contribution in [3.8, 4) is 5.75 Å². The Bertz CT molecular complexity index is 1000. The number of carbonyl (C=O) groups excluding carboxylic acids is 2. The first-order chi connectivity index (χ1) is 12.4. The van der Waals surface area contributed by atoms with Gasteiger partial charge in [-0.15, -0.1) is 11.3 Å². The molecule has 0 radical (unpaired) electrons. The van der Waals surface area contributed by atoms with E-state index in [9.17, 15) is 23.1 Å². The Balaban J connectivity index is 2.55. The molecule has 0 fully saturated rings. The standard InChI is InChI=1S/C17H20N2O6S2/c1-9-5-10(25-4)7-11(6-9)27(23,24)13-8-12(14(18)20)15(26-13)19-16(21)17(2,3)22/h5-8,22H,1-4H3,(H2,18,20)(H,19,21). The SMILES string of the molecule is COc1cc(C)cc(S(=O)(=O)c2cc(C(N)=O)c(NC(=O)C(C)(C)O)s2)c1. The molecule has 0 unspecified atom stereocenters. The Morgan fingerprint density at radius 3 is 2.37 bits per heavy atom. The first-order valence-corrected chi connectivity index (χ1v) is 10.0. The van der Waals surface area contributed by atoms with Crippen LogP contribution in [0, 0.1) is 6.92 Å². The Morgan fingerprint density at radius 1 is 1.22 bits per heavy atom. The molecule has 1 heterocycles. The number of aliphatic hydroxyl groups is 1. The highest BCUT2D eigenvalue weighted by atomic mass is 32.2. The lowest BCUT2D eigenvalue weighted by Crippen LogP contribution is -2.36. The van der Waals surface area contributed by atoms with Gasteiger partial charge >= 0.3 is 0 Å². The van der Waals surface area contributed by atoms with E-state index in [4.69, 9.17) is 10.5 Å². The molecule has 1 aromatic carbocycles. The van der Waals surface area contributed by atoms with Gasteiger partial charge in [-0.05, 0) is 50.6 Å². The molecule has 27 heavy (non-hydrogen) atoms. The molecule has 0 bridgehead atoms. The molecule has 0 saturated carbocycles. The molecule has 8 nitrogen and oxygen atoms in total. The number of nitrogens with two attached hydrogens (primary N) is 1. The number of nitrogens with one attached hydrogen (secondary N) is 1. The number of aryl methyl sites for hydroxylation is 1. The van der Waals surface area contributed by atoms with E-state index in [2.05, 4.69) is 5.32 Å². The third-order valence-electron chi connectivity index (χ3n) is 3.59. The minimum Gasteiger partial charge on any atom is -0.497 e. The van der Waals surface area contributed by atoms with Crippen LogP contribution in [0.5, 0.6) is 5.75 Å². The van der Waals surface area contributed by atoms with Crippen molar-refractivity contribution in [3.63, 3.8) is 0 Å². The van der Waals surface area contributed by atoms with Gasteiger partial charge in [0.2, 0.25) is 9.84 Å². The molecule has 1 aromatic heterocycles. The van der Waals surface area contributed by atoms with Crippen molar-refractivity contribution in [1.82, 2.24) is 0 Å². The maximum atomic E-state index is 13.0. The summed E-state index contributed by atoms with van der Waals surface area (Å²) in [5, 5.41) is 12.1. The van der Waals surface area contributed by atoms with Crippen LogP contribution in [0.1, 0.15) is 29.8 Å². The fourth-order valence-electron chi connectivity index (χ4n) is 2.14. The van der Waals surface area contributed by atoms with Gasteiger partial charge in [-0.25, -0.2) is 8.42 Å². The van der Waals surface area contributed by atoms with Crippen molar-refractivity contribution >= 4 is 38.0 Å². The summed E-state index contributed by atoms with van der Waals surface area (Å²) < 4.78 is 30.9. The molecule has 0 aliphatic rings. The van der Waals surface area contributed by atoms with Crippen LogP contribution in [0.2, 0.25) is 0 Å². The molecule has 0 saturated heterocycles. The van der Waals surface area contributed by atoms with Gasteiger partial charge in [0, 0.05) is 0 Å². The van der Waals surface area contributed by atoms with Gasteiger partial charge in [-0.3, -0.25) is 9.59 Å². The molecule has 0 spiro atoms. The largest absolute Gasteiger partial charge is 0.497 e. The normalized spacial score (nSPS) is 11.9.